The zero-order valence-electron chi connectivity index (χ0n) is 13.1. The molecule has 0 aliphatic heterocycles. The van der Waals surface area contributed by atoms with Gasteiger partial charge in [0.25, 0.3) is 11.6 Å². The SMILES string of the molecule is CC(O/N=C/c1cccc([N+](=O)[O-])c1)C(=O)NC1CCCCC1. The van der Waals surface area contributed by atoms with E-state index in [9.17, 15) is 14.9 Å². The van der Waals surface area contributed by atoms with E-state index in [0.29, 0.717) is 5.56 Å². The van der Waals surface area contributed by atoms with E-state index in [1.165, 1.54) is 24.8 Å². The molecule has 1 aliphatic carbocycles. The Hall–Kier alpha value is -2.44. The fraction of sp³-hybridized carbons (Fsp3) is 0.500. The average molecular weight is 319 g/mol. The number of carbonyl (C=O) groups is 1. The second kappa shape index (κ2) is 8.26. The van der Waals surface area contributed by atoms with E-state index in [4.69, 9.17) is 4.84 Å². The molecule has 7 nitrogen and oxygen atoms in total. The highest BCUT2D eigenvalue weighted by Crippen LogP contribution is 2.17. The largest absolute Gasteiger partial charge is 0.383 e. The Balaban J connectivity index is 1.82. The van der Waals surface area contributed by atoms with Gasteiger partial charge in [0.05, 0.1) is 11.1 Å². The van der Waals surface area contributed by atoms with Crippen molar-refractivity contribution in [3.8, 4) is 0 Å². The van der Waals surface area contributed by atoms with Crippen molar-refractivity contribution in [3.05, 3.63) is 39.9 Å². The summed E-state index contributed by atoms with van der Waals surface area (Å²) in [5.74, 6) is -0.187. The van der Waals surface area contributed by atoms with E-state index >= 15 is 0 Å². The van der Waals surface area contributed by atoms with E-state index in [1.54, 1.807) is 19.1 Å². The minimum Gasteiger partial charge on any atom is -0.383 e. The standard InChI is InChI=1S/C16H21N3O4/c1-12(16(20)18-14-7-3-2-4-8-14)23-17-11-13-6-5-9-15(10-13)19(21)22/h5-6,9-12,14H,2-4,7-8H2,1H3,(H,18,20)/b17-11+. The van der Waals surface area contributed by atoms with Crippen molar-refractivity contribution in [2.24, 2.45) is 5.16 Å². The normalized spacial score (nSPS) is 16.9. The summed E-state index contributed by atoms with van der Waals surface area (Å²) in [7, 11) is 0. The lowest BCUT2D eigenvalue weighted by Gasteiger charge is -2.23. The predicted molar refractivity (Wildman–Crippen MR) is 86.3 cm³/mol. The first-order valence-electron chi connectivity index (χ1n) is 7.80. The number of amides is 1. The topological polar surface area (TPSA) is 93.8 Å². The second-order valence-electron chi connectivity index (χ2n) is 5.68. The van der Waals surface area contributed by atoms with Crippen LogP contribution < -0.4 is 5.32 Å². The zero-order chi connectivity index (χ0) is 16.7. The van der Waals surface area contributed by atoms with Crippen molar-refractivity contribution in [1.82, 2.24) is 5.32 Å². The van der Waals surface area contributed by atoms with Crippen LogP contribution in [0.15, 0.2) is 29.4 Å². The second-order valence-corrected chi connectivity index (χ2v) is 5.68. The summed E-state index contributed by atoms with van der Waals surface area (Å²) in [6, 6.07) is 6.26. The van der Waals surface area contributed by atoms with E-state index in [0.717, 1.165) is 25.7 Å². The van der Waals surface area contributed by atoms with Crippen LogP contribution in [0.4, 0.5) is 5.69 Å². The molecule has 1 aromatic rings. The van der Waals surface area contributed by atoms with Gasteiger partial charge in [0.15, 0.2) is 0 Å². The Morgan fingerprint density at radius 2 is 2.17 bits per heavy atom. The van der Waals surface area contributed by atoms with E-state index in [-0.39, 0.29) is 17.6 Å². The van der Waals surface area contributed by atoms with Crippen LogP contribution in [0.5, 0.6) is 0 Å². The van der Waals surface area contributed by atoms with Crippen LogP contribution in [0, 0.1) is 10.1 Å². The molecule has 1 aromatic carbocycles. The number of nitrogens with zero attached hydrogens (tertiary/aromatic N) is 2. The predicted octanol–water partition coefficient (Wildman–Crippen LogP) is 2.78. The first kappa shape index (κ1) is 16.9. The molecule has 0 spiro atoms. The number of hydrogen-bond donors (Lipinski definition) is 1. The molecule has 0 heterocycles. The Labute approximate surface area is 134 Å². The maximum Gasteiger partial charge on any atom is 0.270 e. The number of nitro groups is 1. The van der Waals surface area contributed by atoms with Crippen molar-refractivity contribution in [2.45, 2.75) is 51.2 Å². The third kappa shape index (κ3) is 5.36. The molecule has 23 heavy (non-hydrogen) atoms. The van der Waals surface area contributed by atoms with E-state index < -0.39 is 11.0 Å². The van der Waals surface area contributed by atoms with Gasteiger partial charge in [-0.25, -0.2) is 0 Å². The zero-order valence-corrected chi connectivity index (χ0v) is 13.1. The van der Waals surface area contributed by atoms with Gasteiger partial charge in [0, 0.05) is 23.7 Å². The molecule has 2 rings (SSSR count). The summed E-state index contributed by atoms with van der Waals surface area (Å²) in [6.45, 7) is 1.63. The molecule has 0 saturated heterocycles. The summed E-state index contributed by atoms with van der Waals surface area (Å²) in [5.41, 5.74) is 0.524. The summed E-state index contributed by atoms with van der Waals surface area (Å²) in [4.78, 5) is 27.4. The highest BCUT2D eigenvalue weighted by molar-refractivity contribution is 5.82. The maximum atomic E-state index is 12.0. The molecular formula is C16H21N3O4. The van der Waals surface area contributed by atoms with Crippen LogP contribution in [-0.4, -0.2) is 29.2 Å². The molecular weight excluding hydrogens is 298 g/mol. The summed E-state index contributed by atoms with van der Waals surface area (Å²) >= 11 is 0. The minimum absolute atomic E-state index is 0.0166. The molecule has 124 valence electrons. The molecule has 1 amide bonds. The molecule has 7 heteroatoms. The number of hydrogen-bond acceptors (Lipinski definition) is 5. The Kier molecular flexibility index (Phi) is 6.08. The van der Waals surface area contributed by atoms with Gasteiger partial charge in [-0.15, -0.1) is 0 Å². The molecule has 0 radical (unpaired) electrons. The van der Waals surface area contributed by atoms with Gasteiger partial charge < -0.3 is 10.2 Å². The maximum absolute atomic E-state index is 12.0. The Morgan fingerprint density at radius 1 is 1.43 bits per heavy atom. The average Bonchev–Trinajstić information content (AvgIpc) is 2.56. The first-order valence-corrected chi connectivity index (χ1v) is 7.80. The Bertz CT molecular complexity index is 582. The van der Waals surface area contributed by atoms with Gasteiger partial charge in [-0.2, -0.15) is 0 Å². The first-order chi connectivity index (χ1) is 11.1. The lowest BCUT2D eigenvalue weighted by Crippen LogP contribution is -2.41. The molecule has 1 saturated carbocycles. The van der Waals surface area contributed by atoms with E-state index in [1.807, 2.05) is 0 Å². The molecule has 1 atom stereocenters. The Morgan fingerprint density at radius 3 is 2.87 bits per heavy atom. The highest BCUT2D eigenvalue weighted by atomic mass is 16.6. The monoisotopic (exact) mass is 319 g/mol. The summed E-state index contributed by atoms with van der Waals surface area (Å²) in [6.07, 6.45) is 6.19. The van der Waals surface area contributed by atoms with Gasteiger partial charge >= 0.3 is 0 Å². The summed E-state index contributed by atoms with van der Waals surface area (Å²) < 4.78 is 0. The number of oxime groups is 1. The molecule has 0 bridgehead atoms. The molecule has 1 aliphatic rings. The van der Waals surface area contributed by atoms with Gasteiger partial charge in [0.1, 0.15) is 0 Å². The van der Waals surface area contributed by atoms with Gasteiger partial charge in [-0.3, -0.25) is 14.9 Å². The quantitative estimate of drug-likeness (QED) is 0.495. The van der Waals surface area contributed by atoms with Crippen molar-refractivity contribution < 1.29 is 14.6 Å². The van der Waals surface area contributed by atoms with Crippen molar-refractivity contribution >= 4 is 17.8 Å². The summed E-state index contributed by atoms with van der Waals surface area (Å²) in [5, 5.41) is 17.4. The van der Waals surface area contributed by atoms with Crippen LogP contribution in [0.3, 0.4) is 0 Å². The lowest BCUT2D eigenvalue weighted by atomic mass is 9.95. The van der Waals surface area contributed by atoms with Crippen molar-refractivity contribution in [3.63, 3.8) is 0 Å². The fourth-order valence-corrected chi connectivity index (χ4v) is 2.51. The van der Waals surface area contributed by atoms with Crippen LogP contribution in [0.25, 0.3) is 0 Å². The molecule has 1 unspecified atom stereocenters. The van der Waals surface area contributed by atoms with Crippen LogP contribution in [0.1, 0.15) is 44.6 Å². The minimum atomic E-state index is -0.702. The molecule has 0 aromatic heterocycles. The molecule has 1 N–H and O–H groups in total. The number of nitro benzene ring substituents is 1. The smallest absolute Gasteiger partial charge is 0.270 e. The lowest BCUT2D eigenvalue weighted by molar-refractivity contribution is -0.384. The van der Waals surface area contributed by atoms with Gasteiger partial charge in [-0.05, 0) is 19.8 Å². The molecule has 1 fully saturated rings. The van der Waals surface area contributed by atoms with Gasteiger partial charge in [-0.1, -0.05) is 36.6 Å². The van der Waals surface area contributed by atoms with Crippen LogP contribution >= 0.6 is 0 Å². The third-order valence-corrected chi connectivity index (χ3v) is 3.82. The van der Waals surface area contributed by atoms with Gasteiger partial charge in [0.2, 0.25) is 6.10 Å². The van der Waals surface area contributed by atoms with Crippen LogP contribution in [-0.2, 0) is 9.63 Å². The number of benzene rings is 1. The third-order valence-electron chi connectivity index (χ3n) is 3.82. The van der Waals surface area contributed by atoms with Crippen molar-refractivity contribution in [1.29, 1.82) is 0 Å². The highest BCUT2D eigenvalue weighted by Gasteiger charge is 2.20. The number of carbonyl (C=O) groups excluding carboxylic acids is 1. The van der Waals surface area contributed by atoms with Crippen LogP contribution in [0.2, 0.25) is 0 Å². The fourth-order valence-electron chi connectivity index (χ4n) is 2.51. The number of nitrogens with one attached hydrogen (secondary N) is 1. The van der Waals surface area contributed by atoms with E-state index in [2.05, 4.69) is 10.5 Å². The number of rotatable bonds is 6. The number of non-ortho nitro benzene ring substituents is 1. The van der Waals surface area contributed by atoms with Crippen molar-refractivity contribution in [2.75, 3.05) is 0 Å².